The molecule has 0 aliphatic heterocycles. The summed E-state index contributed by atoms with van der Waals surface area (Å²) in [5.74, 6) is -1.09. The minimum Gasteiger partial charge on any atom is -0.478 e. The van der Waals surface area contributed by atoms with Crippen molar-refractivity contribution in [3.8, 4) is 11.3 Å². The lowest BCUT2D eigenvalue weighted by atomic mass is 10.0. The molecule has 21 heavy (non-hydrogen) atoms. The van der Waals surface area contributed by atoms with E-state index >= 15 is 0 Å². The van der Waals surface area contributed by atoms with Gasteiger partial charge in [0, 0.05) is 27.8 Å². The zero-order valence-corrected chi connectivity index (χ0v) is 12.3. The minimum atomic E-state index is -1.09. The van der Waals surface area contributed by atoms with Gasteiger partial charge in [-0.15, -0.1) is 0 Å². The van der Waals surface area contributed by atoms with Crippen LogP contribution in [0.1, 0.15) is 10.4 Å². The minimum absolute atomic E-state index is 0.0334. The Hall–Kier alpha value is -2.47. The summed E-state index contributed by atoms with van der Waals surface area (Å²) in [4.78, 5) is 20.0. The topological polar surface area (TPSA) is 89.1 Å². The Bertz CT molecular complexity index is 847. The van der Waals surface area contributed by atoms with Crippen LogP contribution in [0.3, 0.4) is 0 Å². The first-order chi connectivity index (χ1) is 10.1. The number of benzene rings is 1. The van der Waals surface area contributed by atoms with E-state index in [1.165, 1.54) is 6.20 Å². The predicted octanol–water partition coefficient (Wildman–Crippen LogP) is 3.34. The number of carbonyl (C=O) groups is 1. The average molecular weight is 344 g/mol. The monoisotopic (exact) mass is 343 g/mol. The van der Waals surface area contributed by atoms with Crippen LogP contribution in [0.25, 0.3) is 22.2 Å². The third-order valence-corrected chi connectivity index (χ3v) is 3.68. The number of anilines is 1. The summed E-state index contributed by atoms with van der Waals surface area (Å²) in [6, 6.07) is 9.05. The maximum atomic E-state index is 11.5. The van der Waals surface area contributed by atoms with Crippen LogP contribution in [0.4, 0.5) is 5.69 Å². The second-order valence-corrected chi connectivity index (χ2v) is 5.37. The average Bonchev–Trinajstić information content (AvgIpc) is 2.47. The van der Waals surface area contributed by atoms with Gasteiger partial charge in [0.15, 0.2) is 0 Å². The van der Waals surface area contributed by atoms with Gasteiger partial charge in [0.05, 0.1) is 22.5 Å². The molecule has 0 aliphatic rings. The van der Waals surface area contributed by atoms with Crippen molar-refractivity contribution in [1.29, 1.82) is 0 Å². The van der Waals surface area contributed by atoms with Crippen molar-refractivity contribution in [3.05, 3.63) is 52.8 Å². The van der Waals surface area contributed by atoms with Crippen LogP contribution in [-0.4, -0.2) is 21.0 Å². The number of pyridine rings is 2. The second-order valence-electron chi connectivity index (χ2n) is 4.45. The van der Waals surface area contributed by atoms with Gasteiger partial charge in [-0.3, -0.25) is 4.98 Å². The van der Waals surface area contributed by atoms with E-state index in [1.54, 1.807) is 12.3 Å². The fourth-order valence-electron chi connectivity index (χ4n) is 2.18. The number of carboxylic acids is 1. The Balaban J connectivity index is 2.36. The normalized spacial score (nSPS) is 10.7. The molecule has 0 atom stereocenters. The summed E-state index contributed by atoms with van der Waals surface area (Å²) in [5, 5.41) is 9.87. The van der Waals surface area contributed by atoms with E-state index in [9.17, 15) is 9.90 Å². The van der Waals surface area contributed by atoms with Crippen LogP contribution < -0.4 is 5.73 Å². The van der Waals surface area contributed by atoms with E-state index < -0.39 is 5.97 Å². The Morgan fingerprint density at radius 3 is 2.57 bits per heavy atom. The summed E-state index contributed by atoms with van der Waals surface area (Å²) in [7, 11) is 0. The Labute approximate surface area is 128 Å². The van der Waals surface area contributed by atoms with Crippen molar-refractivity contribution in [2.45, 2.75) is 0 Å². The fraction of sp³-hybridized carbons (Fsp3) is 0. The molecule has 0 saturated carbocycles. The molecule has 1 aromatic carbocycles. The number of nitrogens with zero attached hydrogens (tertiary/aromatic N) is 2. The number of carboxylic acid groups (broad SMARTS) is 1. The third-order valence-electron chi connectivity index (χ3n) is 3.16. The summed E-state index contributed by atoms with van der Waals surface area (Å²) in [6.45, 7) is 0. The van der Waals surface area contributed by atoms with Gasteiger partial charge in [0.2, 0.25) is 0 Å². The van der Waals surface area contributed by atoms with Crippen LogP contribution in [0, 0.1) is 0 Å². The molecule has 3 aromatic rings. The quantitative estimate of drug-likeness (QED) is 0.744. The van der Waals surface area contributed by atoms with Crippen LogP contribution in [0.2, 0.25) is 0 Å². The van der Waals surface area contributed by atoms with Gasteiger partial charge in [-0.1, -0.05) is 28.1 Å². The van der Waals surface area contributed by atoms with Crippen LogP contribution in [0.15, 0.2) is 47.2 Å². The Morgan fingerprint density at radius 1 is 1.19 bits per heavy atom. The Kier molecular flexibility index (Phi) is 3.31. The molecule has 2 heterocycles. The molecule has 3 rings (SSSR count). The summed E-state index contributed by atoms with van der Waals surface area (Å²) < 4.78 is 0.924. The van der Waals surface area contributed by atoms with Gasteiger partial charge in [-0.2, -0.15) is 0 Å². The number of halogens is 1. The third kappa shape index (κ3) is 2.34. The smallest absolute Gasteiger partial charge is 0.338 e. The van der Waals surface area contributed by atoms with E-state index in [0.717, 1.165) is 10.0 Å². The molecule has 0 bridgehead atoms. The molecule has 6 heteroatoms. The SMILES string of the molecule is Nc1c(-c2ccc(Br)cc2)nc2ccncc2c1C(=O)O. The number of aromatic carboxylic acids is 1. The maximum Gasteiger partial charge on any atom is 0.338 e. The molecular weight excluding hydrogens is 334 g/mol. The number of fused-ring (bicyclic) bond motifs is 1. The predicted molar refractivity (Wildman–Crippen MR) is 84.0 cm³/mol. The molecule has 0 radical (unpaired) electrons. The van der Waals surface area contributed by atoms with Gasteiger partial charge >= 0.3 is 5.97 Å². The molecule has 0 aliphatic carbocycles. The summed E-state index contributed by atoms with van der Waals surface area (Å²) >= 11 is 3.36. The van der Waals surface area contributed by atoms with E-state index in [-0.39, 0.29) is 11.3 Å². The lowest BCUT2D eigenvalue weighted by Crippen LogP contribution is -2.07. The molecule has 0 amide bonds. The van der Waals surface area contributed by atoms with Gasteiger partial charge in [0.1, 0.15) is 0 Å². The molecule has 3 N–H and O–H groups in total. The van der Waals surface area contributed by atoms with Gasteiger partial charge in [-0.25, -0.2) is 9.78 Å². The van der Waals surface area contributed by atoms with Crippen molar-refractivity contribution < 1.29 is 9.90 Å². The standard InChI is InChI=1S/C15H10BrN3O2/c16-9-3-1-8(2-4-9)14-13(17)12(15(20)21)10-7-18-6-5-11(10)19-14/h1-7H,17H2,(H,20,21). The van der Waals surface area contributed by atoms with E-state index in [1.807, 2.05) is 24.3 Å². The number of hydrogen-bond acceptors (Lipinski definition) is 4. The highest BCUT2D eigenvalue weighted by Gasteiger charge is 2.19. The molecule has 104 valence electrons. The van der Waals surface area contributed by atoms with Crippen molar-refractivity contribution in [2.75, 3.05) is 5.73 Å². The van der Waals surface area contributed by atoms with E-state index in [0.29, 0.717) is 16.6 Å². The molecule has 0 saturated heterocycles. The van der Waals surface area contributed by atoms with Crippen molar-refractivity contribution >= 4 is 38.5 Å². The number of hydrogen-bond donors (Lipinski definition) is 2. The van der Waals surface area contributed by atoms with Gasteiger partial charge in [-0.05, 0) is 18.2 Å². The highest BCUT2D eigenvalue weighted by atomic mass is 79.9. The summed E-state index contributed by atoms with van der Waals surface area (Å²) in [6.07, 6.45) is 3.04. The Morgan fingerprint density at radius 2 is 1.90 bits per heavy atom. The lowest BCUT2D eigenvalue weighted by Gasteiger charge is -2.11. The zero-order chi connectivity index (χ0) is 15.0. The molecular formula is C15H10BrN3O2. The largest absolute Gasteiger partial charge is 0.478 e. The molecule has 0 fully saturated rings. The molecule has 0 spiro atoms. The zero-order valence-electron chi connectivity index (χ0n) is 10.7. The summed E-state index contributed by atoms with van der Waals surface area (Å²) in [5.41, 5.74) is 7.98. The first-order valence-corrected chi connectivity index (χ1v) is 6.89. The number of nitrogens with two attached hydrogens (primary N) is 1. The van der Waals surface area contributed by atoms with Crippen molar-refractivity contribution in [2.24, 2.45) is 0 Å². The van der Waals surface area contributed by atoms with Gasteiger partial charge in [0.25, 0.3) is 0 Å². The lowest BCUT2D eigenvalue weighted by molar-refractivity contribution is 0.0700. The number of rotatable bonds is 2. The first-order valence-electron chi connectivity index (χ1n) is 6.10. The highest BCUT2D eigenvalue weighted by Crippen LogP contribution is 2.32. The van der Waals surface area contributed by atoms with E-state index in [2.05, 4.69) is 25.9 Å². The number of aromatic nitrogens is 2. The van der Waals surface area contributed by atoms with Gasteiger partial charge < -0.3 is 10.8 Å². The maximum absolute atomic E-state index is 11.5. The van der Waals surface area contributed by atoms with Crippen molar-refractivity contribution in [1.82, 2.24) is 9.97 Å². The van der Waals surface area contributed by atoms with Crippen molar-refractivity contribution in [3.63, 3.8) is 0 Å². The second kappa shape index (κ2) is 5.14. The fourth-order valence-corrected chi connectivity index (χ4v) is 2.44. The number of nitrogen functional groups attached to an aromatic ring is 1. The van der Waals surface area contributed by atoms with Crippen LogP contribution >= 0.6 is 15.9 Å². The molecule has 5 nitrogen and oxygen atoms in total. The highest BCUT2D eigenvalue weighted by molar-refractivity contribution is 9.10. The molecule has 2 aromatic heterocycles. The van der Waals surface area contributed by atoms with Crippen LogP contribution in [-0.2, 0) is 0 Å². The van der Waals surface area contributed by atoms with Crippen LogP contribution in [0.5, 0.6) is 0 Å². The molecule has 0 unspecified atom stereocenters. The first kappa shape index (κ1) is 13.5. The van der Waals surface area contributed by atoms with E-state index in [4.69, 9.17) is 5.73 Å².